The summed E-state index contributed by atoms with van der Waals surface area (Å²) in [6.07, 6.45) is 0.928. The molecule has 0 saturated heterocycles. The van der Waals surface area contributed by atoms with Gasteiger partial charge in [-0.2, -0.15) is 5.10 Å². The number of carbonyl (C=O) groups is 1. The Hall–Kier alpha value is -2.47. The summed E-state index contributed by atoms with van der Waals surface area (Å²) < 4.78 is 0. The number of aromatic nitrogens is 2. The fraction of sp³-hybridized carbons (Fsp3) is 0.267. The SMILES string of the molecule is CCc1ccc(C(CO)NC(=O)c2ccc(=O)[nH]n2)cc1. The first-order valence-corrected chi connectivity index (χ1v) is 6.70. The van der Waals surface area contributed by atoms with Crippen molar-refractivity contribution in [3.8, 4) is 0 Å². The van der Waals surface area contributed by atoms with Gasteiger partial charge in [0.15, 0.2) is 0 Å². The summed E-state index contributed by atoms with van der Waals surface area (Å²) in [5.41, 5.74) is 1.72. The third kappa shape index (κ3) is 3.76. The highest BCUT2D eigenvalue weighted by atomic mass is 16.3. The molecule has 2 rings (SSSR count). The Bertz CT molecular complexity index is 644. The lowest BCUT2D eigenvalue weighted by Crippen LogP contribution is -2.32. The van der Waals surface area contributed by atoms with E-state index in [0.717, 1.165) is 12.0 Å². The minimum Gasteiger partial charge on any atom is -0.394 e. The van der Waals surface area contributed by atoms with Gasteiger partial charge in [0.2, 0.25) is 0 Å². The van der Waals surface area contributed by atoms with E-state index in [4.69, 9.17) is 0 Å². The van der Waals surface area contributed by atoms with Gasteiger partial charge in [0.1, 0.15) is 5.69 Å². The average molecular weight is 287 g/mol. The first-order valence-electron chi connectivity index (χ1n) is 6.70. The third-order valence-electron chi connectivity index (χ3n) is 3.19. The number of amides is 1. The fourth-order valence-electron chi connectivity index (χ4n) is 1.92. The van der Waals surface area contributed by atoms with Crippen LogP contribution in [0.1, 0.15) is 34.6 Å². The van der Waals surface area contributed by atoms with Gasteiger partial charge in [0, 0.05) is 6.07 Å². The number of hydrogen-bond acceptors (Lipinski definition) is 4. The Morgan fingerprint density at radius 1 is 1.29 bits per heavy atom. The van der Waals surface area contributed by atoms with Crippen molar-refractivity contribution in [1.29, 1.82) is 0 Å². The van der Waals surface area contributed by atoms with E-state index < -0.39 is 11.9 Å². The van der Waals surface area contributed by atoms with Gasteiger partial charge in [-0.3, -0.25) is 9.59 Å². The van der Waals surface area contributed by atoms with E-state index in [1.807, 2.05) is 24.3 Å². The Kier molecular flexibility index (Phi) is 4.84. The van der Waals surface area contributed by atoms with Crippen molar-refractivity contribution >= 4 is 5.91 Å². The molecule has 3 N–H and O–H groups in total. The maximum absolute atomic E-state index is 12.0. The van der Waals surface area contributed by atoms with Crippen molar-refractivity contribution in [1.82, 2.24) is 15.5 Å². The van der Waals surface area contributed by atoms with Crippen LogP contribution in [0.15, 0.2) is 41.2 Å². The lowest BCUT2D eigenvalue weighted by molar-refractivity contribution is 0.0910. The second-order valence-corrected chi connectivity index (χ2v) is 4.61. The summed E-state index contributed by atoms with van der Waals surface area (Å²) in [6.45, 7) is 1.84. The zero-order valence-corrected chi connectivity index (χ0v) is 11.7. The van der Waals surface area contributed by atoms with Crippen molar-refractivity contribution < 1.29 is 9.90 Å². The lowest BCUT2D eigenvalue weighted by atomic mass is 10.0. The number of hydrogen-bond donors (Lipinski definition) is 3. The fourth-order valence-corrected chi connectivity index (χ4v) is 1.92. The normalized spacial score (nSPS) is 11.9. The largest absolute Gasteiger partial charge is 0.394 e. The number of nitrogens with zero attached hydrogens (tertiary/aromatic N) is 1. The van der Waals surface area contributed by atoms with Crippen LogP contribution in [-0.4, -0.2) is 27.8 Å². The van der Waals surface area contributed by atoms with E-state index in [0.29, 0.717) is 0 Å². The van der Waals surface area contributed by atoms with Gasteiger partial charge in [0.25, 0.3) is 11.5 Å². The molecule has 1 amide bonds. The van der Waals surface area contributed by atoms with Crippen LogP contribution >= 0.6 is 0 Å². The summed E-state index contributed by atoms with van der Waals surface area (Å²) in [5, 5.41) is 18.0. The molecule has 0 aliphatic carbocycles. The first kappa shape index (κ1) is 14.9. The monoisotopic (exact) mass is 287 g/mol. The molecule has 0 radical (unpaired) electrons. The number of carbonyl (C=O) groups excluding carboxylic acids is 1. The summed E-state index contributed by atoms with van der Waals surface area (Å²) in [4.78, 5) is 22.9. The molecule has 110 valence electrons. The number of nitrogens with one attached hydrogen (secondary N) is 2. The van der Waals surface area contributed by atoms with Crippen LogP contribution in [0, 0.1) is 0 Å². The van der Waals surface area contributed by atoms with Crippen LogP contribution in [0.3, 0.4) is 0 Å². The van der Waals surface area contributed by atoms with Crippen molar-refractivity contribution in [2.75, 3.05) is 6.61 Å². The Labute approximate surface area is 121 Å². The molecule has 0 saturated carbocycles. The average Bonchev–Trinajstić information content (AvgIpc) is 2.53. The van der Waals surface area contributed by atoms with Gasteiger partial charge in [0.05, 0.1) is 12.6 Å². The number of H-pyrrole nitrogens is 1. The molecule has 1 atom stereocenters. The van der Waals surface area contributed by atoms with Gasteiger partial charge in [-0.1, -0.05) is 31.2 Å². The van der Waals surface area contributed by atoms with Crippen LogP contribution < -0.4 is 10.9 Å². The molecule has 1 heterocycles. The highest BCUT2D eigenvalue weighted by Gasteiger charge is 2.15. The molecule has 1 aromatic carbocycles. The number of aryl methyl sites for hydroxylation is 1. The summed E-state index contributed by atoms with van der Waals surface area (Å²) in [7, 11) is 0. The van der Waals surface area contributed by atoms with E-state index in [9.17, 15) is 14.7 Å². The van der Waals surface area contributed by atoms with E-state index in [2.05, 4.69) is 22.4 Å². The quantitative estimate of drug-likeness (QED) is 0.758. The zero-order chi connectivity index (χ0) is 15.2. The number of aromatic amines is 1. The van der Waals surface area contributed by atoms with Crippen LogP contribution in [0.2, 0.25) is 0 Å². The van der Waals surface area contributed by atoms with Gasteiger partial charge < -0.3 is 10.4 Å². The first-order chi connectivity index (χ1) is 10.1. The molecule has 2 aromatic rings. The Morgan fingerprint density at radius 2 is 2.00 bits per heavy atom. The van der Waals surface area contributed by atoms with Gasteiger partial charge >= 0.3 is 0 Å². The second kappa shape index (κ2) is 6.81. The predicted octanol–water partition coefficient (Wildman–Crippen LogP) is 0.796. The summed E-state index contributed by atoms with van der Waals surface area (Å²) in [5.74, 6) is -0.454. The smallest absolute Gasteiger partial charge is 0.272 e. The number of aliphatic hydroxyl groups is 1. The van der Waals surface area contributed by atoms with Crippen molar-refractivity contribution in [3.63, 3.8) is 0 Å². The van der Waals surface area contributed by atoms with Gasteiger partial charge in [-0.05, 0) is 23.6 Å². The van der Waals surface area contributed by atoms with E-state index in [1.54, 1.807) is 0 Å². The minimum atomic E-state index is -0.517. The highest BCUT2D eigenvalue weighted by Crippen LogP contribution is 2.14. The van der Waals surface area contributed by atoms with Crippen LogP contribution in [0.25, 0.3) is 0 Å². The maximum Gasteiger partial charge on any atom is 0.272 e. The molecular weight excluding hydrogens is 270 g/mol. The van der Waals surface area contributed by atoms with E-state index in [1.165, 1.54) is 17.7 Å². The molecule has 21 heavy (non-hydrogen) atoms. The van der Waals surface area contributed by atoms with E-state index >= 15 is 0 Å². The van der Waals surface area contributed by atoms with Crippen molar-refractivity contribution in [3.05, 3.63) is 63.6 Å². The molecule has 0 fully saturated rings. The number of benzene rings is 1. The standard InChI is InChI=1S/C15H17N3O3/c1-2-10-3-5-11(6-4-10)13(9-19)16-15(21)12-7-8-14(20)18-17-12/h3-8,13,19H,2,9H2,1H3,(H,16,21)(H,18,20). The third-order valence-corrected chi connectivity index (χ3v) is 3.19. The predicted molar refractivity (Wildman–Crippen MR) is 78.0 cm³/mol. The molecule has 0 aliphatic heterocycles. The zero-order valence-electron chi connectivity index (χ0n) is 11.7. The number of aliphatic hydroxyl groups excluding tert-OH is 1. The van der Waals surface area contributed by atoms with Crippen LogP contribution in [0.5, 0.6) is 0 Å². The molecule has 1 unspecified atom stereocenters. The van der Waals surface area contributed by atoms with Crippen LogP contribution in [-0.2, 0) is 6.42 Å². The maximum atomic E-state index is 12.0. The molecule has 0 bridgehead atoms. The topological polar surface area (TPSA) is 95.1 Å². The molecule has 1 aromatic heterocycles. The molecular formula is C15H17N3O3. The summed E-state index contributed by atoms with van der Waals surface area (Å²) in [6, 6.07) is 9.72. The van der Waals surface area contributed by atoms with Crippen LogP contribution in [0.4, 0.5) is 0 Å². The van der Waals surface area contributed by atoms with Gasteiger partial charge in [-0.15, -0.1) is 0 Å². The Morgan fingerprint density at radius 3 is 2.52 bits per heavy atom. The molecule has 6 nitrogen and oxygen atoms in total. The van der Waals surface area contributed by atoms with Crippen molar-refractivity contribution in [2.45, 2.75) is 19.4 Å². The Balaban J connectivity index is 2.12. The molecule has 0 spiro atoms. The van der Waals surface area contributed by atoms with Gasteiger partial charge in [-0.25, -0.2) is 5.10 Å². The lowest BCUT2D eigenvalue weighted by Gasteiger charge is -2.16. The highest BCUT2D eigenvalue weighted by molar-refractivity contribution is 5.92. The molecule has 6 heteroatoms. The summed E-state index contributed by atoms with van der Waals surface area (Å²) >= 11 is 0. The number of rotatable bonds is 5. The van der Waals surface area contributed by atoms with E-state index in [-0.39, 0.29) is 17.9 Å². The second-order valence-electron chi connectivity index (χ2n) is 4.61. The minimum absolute atomic E-state index is 0.0956. The molecule has 0 aliphatic rings. The van der Waals surface area contributed by atoms with Crippen molar-refractivity contribution in [2.24, 2.45) is 0 Å².